The van der Waals surface area contributed by atoms with Gasteiger partial charge in [0, 0.05) is 36.4 Å². The lowest BCUT2D eigenvalue weighted by molar-refractivity contribution is -0.140. The van der Waals surface area contributed by atoms with E-state index in [2.05, 4.69) is 5.32 Å². The quantitative estimate of drug-likeness (QED) is 0.612. The summed E-state index contributed by atoms with van der Waals surface area (Å²) < 4.78 is 15.7. The van der Waals surface area contributed by atoms with Gasteiger partial charge >= 0.3 is 5.97 Å². The van der Waals surface area contributed by atoms with Gasteiger partial charge in [-0.1, -0.05) is 12.1 Å². The number of allylic oxidation sites excluding steroid dienone is 3. The van der Waals surface area contributed by atoms with Crippen molar-refractivity contribution in [2.24, 2.45) is 0 Å². The van der Waals surface area contributed by atoms with Crippen LogP contribution >= 0.6 is 0 Å². The van der Waals surface area contributed by atoms with Gasteiger partial charge in [-0.25, -0.2) is 4.79 Å². The van der Waals surface area contributed by atoms with Crippen LogP contribution in [0.3, 0.4) is 0 Å². The first-order chi connectivity index (χ1) is 13.1. The van der Waals surface area contributed by atoms with E-state index in [1.54, 1.807) is 14.2 Å². The SMILES string of the molecule is COCCOC(=O)C1=C(C)NC2=C(C(=O)CCC2)C1c1cccc(OC)c1. The molecule has 0 fully saturated rings. The van der Waals surface area contributed by atoms with Crippen LogP contribution in [0.1, 0.15) is 37.7 Å². The molecule has 3 rings (SSSR count). The topological polar surface area (TPSA) is 73.9 Å². The van der Waals surface area contributed by atoms with Crippen LogP contribution in [-0.4, -0.2) is 39.2 Å². The van der Waals surface area contributed by atoms with Gasteiger partial charge in [0.05, 0.1) is 19.3 Å². The van der Waals surface area contributed by atoms with Crippen molar-refractivity contribution in [3.63, 3.8) is 0 Å². The van der Waals surface area contributed by atoms with Gasteiger partial charge in [-0.15, -0.1) is 0 Å². The van der Waals surface area contributed by atoms with Crippen LogP contribution in [0.4, 0.5) is 0 Å². The molecule has 0 bridgehead atoms. The minimum atomic E-state index is -0.459. The van der Waals surface area contributed by atoms with E-state index in [-0.39, 0.29) is 12.4 Å². The van der Waals surface area contributed by atoms with Crippen molar-refractivity contribution < 1.29 is 23.8 Å². The number of rotatable bonds is 6. The highest BCUT2D eigenvalue weighted by molar-refractivity contribution is 6.03. The zero-order valence-corrected chi connectivity index (χ0v) is 16.0. The minimum absolute atomic E-state index is 0.0752. The van der Waals surface area contributed by atoms with Gasteiger partial charge in [0.1, 0.15) is 12.4 Å². The van der Waals surface area contributed by atoms with Crippen LogP contribution in [-0.2, 0) is 19.1 Å². The number of hydrogen-bond donors (Lipinski definition) is 1. The average molecular weight is 371 g/mol. The third kappa shape index (κ3) is 3.90. The molecule has 0 saturated carbocycles. The molecule has 1 N–H and O–H groups in total. The number of esters is 1. The van der Waals surface area contributed by atoms with E-state index >= 15 is 0 Å². The largest absolute Gasteiger partial charge is 0.497 e. The number of ether oxygens (including phenoxy) is 3. The fraction of sp³-hybridized carbons (Fsp3) is 0.429. The maximum Gasteiger partial charge on any atom is 0.336 e. The number of carbonyl (C=O) groups is 2. The Kier molecular flexibility index (Phi) is 5.96. The Morgan fingerprint density at radius 2 is 2.04 bits per heavy atom. The van der Waals surface area contributed by atoms with Gasteiger partial charge in [0.15, 0.2) is 5.78 Å². The molecule has 27 heavy (non-hydrogen) atoms. The molecule has 0 amide bonds. The Bertz CT molecular complexity index is 809. The Morgan fingerprint density at radius 3 is 2.78 bits per heavy atom. The summed E-state index contributed by atoms with van der Waals surface area (Å²) in [6.07, 6.45) is 2.10. The molecule has 1 heterocycles. The average Bonchev–Trinajstić information content (AvgIpc) is 2.67. The predicted octanol–water partition coefficient (Wildman–Crippen LogP) is 2.85. The van der Waals surface area contributed by atoms with Crippen molar-refractivity contribution in [2.45, 2.75) is 32.1 Å². The smallest absolute Gasteiger partial charge is 0.336 e. The molecule has 144 valence electrons. The van der Waals surface area contributed by atoms with Crippen LogP contribution in [0, 0.1) is 0 Å². The lowest BCUT2D eigenvalue weighted by Gasteiger charge is -2.34. The third-order valence-corrected chi connectivity index (χ3v) is 4.94. The van der Waals surface area contributed by atoms with E-state index in [4.69, 9.17) is 14.2 Å². The number of benzene rings is 1. The fourth-order valence-corrected chi connectivity index (χ4v) is 3.70. The summed E-state index contributed by atoms with van der Waals surface area (Å²) in [7, 11) is 3.15. The van der Waals surface area contributed by atoms with E-state index in [1.807, 2.05) is 31.2 Å². The molecule has 1 atom stereocenters. The maximum atomic E-state index is 12.9. The van der Waals surface area contributed by atoms with Crippen molar-refractivity contribution in [1.82, 2.24) is 5.32 Å². The highest BCUT2D eigenvalue weighted by Crippen LogP contribution is 2.43. The van der Waals surface area contributed by atoms with Crippen molar-refractivity contribution in [2.75, 3.05) is 27.4 Å². The minimum Gasteiger partial charge on any atom is -0.497 e. The summed E-state index contributed by atoms with van der Waals surface area (Å²) in [6.45, 7) is 2.34. The van der Waals surface area contributed by atoms with Crippen LogP contribution in [0.5, 0.6) is 5.75 Å². The molecular formula is C21H25NO5. The van der Waals surface area contributed by atoms with Crippen LogP contribution in [0.25, 0.3) is 0 Å². The molecule has 1 unspecified atom stereocenters. The lowest BCUT2D eigenvalue weighted by atomic mass is 9.75. The Hall–Kier alpha value is -2.60. The van der Waals surface area contributed by atoms with E-state index in [1.165, 1.54) is 0 Å². The molecule has 0 radical (unpaired) electrons. The molecule has 0 aromatic heterocycles. The monoisotopic (exact) mass is 371 g/mol. The molecule has 1 aromatic carbocycles. The summed E-state index contributed by atoms with van der Waals surface area (Å²) in [6, 6.07) is 7.50. The van der Waals surface area contributed by atoms with E-state index in [0.717, 1.165) is 29.8 Å². The van der Waals surface area contributed by atoms with Gasteiger partial charge in [0.2, 0.25) is 0 Å². The number of hydrogen-bond acceptors (Lipinski definition) is 6. The first kappa shape index (κ1) is 19.2. The zero-order valence-electron chi connectivity index (χ0n) is 16.0. The molecule has 1 aliphatic carbocycles. The Morgan fingerprint density at radius 1 is 1.22 bits per heavy atom. The second-order valence-electron chi connectivity index (χ2n) is 6.67. The van der Waals surface area contributed by atoms with E-state index < -0.39 is 11.9 Å². The molecular weight excluding hydrogens is 346 g/mol. The molecule has 6 heteroatoms. The van der Waals surface area contributed by atoms with Crippen molar-refractivity contribution in [1.29, 1.82) is 0 Å². The number of carbonyl (C=O) groups excluding carboxylic acids is 2. The number of nitrogens with one attached hydrogen (secondary N) is 1. The van der Waals surface area contributed by atoms with E-state index in [9.17, 15) is 9.59 Å². The van der Waals surface area contributed by atoms with Gasteiger partial charge in [-0.3, -0.25) is 4.79 Å². The van der Waals surface area contributed by atoms with Gasteiger partial charge in [-0.05, 0) is 37.5 Å². The number of ketones is 1. The Labute approximate surface area is 159 Å². The number of Topliss-reactive ketones (excluding diaryl/α,β-unsaturated/α-hetero) is 1. The Balaban J connectivity index is 2.06. The van der Waals surface area contributed by atoms with Gasteiger partial charge in [0.25, 0.3) is 0 Å². The van der Waals surface area contributed by atoms with Crippen molar-refractivity contribution in [3.05, 3.63) is 52.4 Å². The zero-order chi connectivity index (χ0) is 19.4. The predicted molar refractivity (Wildman–Crippen MR) is 100 cm³/mol. The normalized spacial score (nSPS) is 19.5. The van der Waals surface area contributed by atoms with Gasteiger partial charge in [-0.2, -0.15) is 0 Å². The highest BCUT2D eigenvalue weighted by atomic mass is 16.6. The van der Waals surface area contributed by atoms with Gasteiger partial charge < -0.3 is 19.5 Å². The molecule has 1 aromatic rings. The molecule has 0 spiro atoms. The summed E-state index contributed by atoms with van der Waals surface area (Å²) in [5.41, 5.74) is 3.60. The van der Waals surface area contributed by atoms with E-state index in [0.29, 0.717) is 29.9 Å². The van der Waals surface area contributed by atoms with Crippen LogP contribution in [0.2, 0.25) is 0 Å². The first-order valence-electron chi connectivity index (χ1n) is 9.10. The molecule has 6 nitrogen and oxygen atoms in total. The summed E-state index contributed by atoms with van der Waals surface area (Å²) in [5.74, 6) is -0.138. The summed E-state index contributed by atoms with van der Waals surface area (Å²) in [5, 5.41) is 3.27. The lowest BCUT2D eigenvalue weighted by Crippen LogP contribution is -2.34. The second-order valence-corrected chi connectivity index (χ2v) is 6.67. The van der Waals surface area contributed by atoms with Crippen LogP contribution in [0.15, 0.2) is 46.8 Å². The molecule has 1 aliphatic heterocycles. The van der Waals surface area contributed by atoms with Crippen molar-refractivity contribution in [3.8, 4) is 5.75 Å². The molecule has 2 aliphatic rings. The number of dihydropyridines is 1. The number of methoxy groups -OCH3 is 2. The highest BCUT2D eigenvalue weighted by Gasteiger charge is 2.39. The molecule has 0 saturated heterocycles. The second kappa shape index (κ2) is 8.39. The third-order valence-electron chi connectivity index (χ3n) is 4.94. The maximum absolute atomic E-state index is 12.9. The van der Waals surface area contributed by atoms with Crippen molar-refractivity contribution >= 4 is 11.8 Å². The summed E-state index contributed by atoms with van der Waals surface area (Å²) >= 11 is 0. The first-order valence-corrected chi connectivity index (χ1v) is 9.10. The summed E-state index contributed by atoms with van der Waals surface area (Å²) in [4.78, 5) is 25.6. The van der Waals surface area contributed by atoms with Crippen LogP contribution < -0.4 is 10.1 Å². The fourth-order valence-electron chi connectivity index (χ4n) is 3.70. The standard InChI is InChI=1S/C21H25NO5/c1-13-18(21(24)27-11-10-25-2)19(14-6-4-7-15(12-14)26-3)20-16(22-13)8-5-9-17(20)23/h4,6-7,12,19,22H,5,8-11H2,1-3H3.